The molecule has 160 valence electrons. The van der Waals surface area contributed by atoms with Crippen molar-refractivity contribution in [2.24, 2.45) is 0 Å². The van der Waals surface area contributed by atoms with Gasteiger partial charge in [0.25, 0.3) is 0 Å². The Morgan fingerprint density at radius 1 is 1.03 bits per heavy atom. The first kappa shape index (κ1) is 21.5. The molecule has 1 saturated heterocycles. The van der Waals surface area contributed by atoms with Crippen molar-refractivity contribution in [1.29, 1.82) is 0 Å². The van der Waals surface area contributed by atoms with Crippen molar-refractivity contribution < 1.29 is 14.3 Å². The van der Waals surface area contributed by atoms with E-state index in [4.69, 9.17) is 4.74 Å². The number of ether oxygens (including phenoxy) is 1. The summed E-state index contributed by atoms with van der Waals surface area (Å²) in [6.45, 7) is 7.80. The zero-order valence-electron chi connectivity index (χ0n) is 17.8. The quantitative estimate of drug-likeness (QED) is 0.786. The van der Waals surface area contributed by atoms with Crippen LogP contribution >= 0.6 is 0 Å². The van der Waals surface area contributed by atoms with Crippen molar-refractivity contribution in [3.8, 4) is 0 Å². The van der Waals surface area contributed by atoms with Crippen molar-refractivity contribution in [3.05, 3.63) is 53.3 Å². The first-order valence-electron chi connectivity index (χ1n) is 10.3. The van der Waals surface area contributed by atoms with Gasteiger partial charge >= 0.3 is 6.09 Å². The summed E-state index contributed by atoms with van der Waals surface area (Å²) in [7, 11) is 0. The molecule has 3 rings (SSSR count). The number of piperazine rings is 1. The third-order valence-electron chi connectivity index (χ3n) is 4.98. The highest BCUT2D eigenvalue weighted by Gasteiger charge is 2.30. The molecule has 0 bridgehead atoms. The van der Waals surface area contributed by atoms with Gasteiger partial charge in [-0.3, -0.25) is 4.79 Å². The molecule has 1 aliphatic rings. The number of carbonyl (C=O) groups excluding carboxylic acids is 2. The zero-order valence-corrected chi connectivity index (χ0v) is 17.8. The molecule has 1 atom stereocenters. The molecule has 1 N–H and O–H groups in total. The van der Waals surface area contributed by atoms with Crippen LogP contribution in [0.4, 0.5) is 10.7 Å². The number of amides is 2. The Balaban J connectivity index is 1.72. The summed E-state index contributed by atoms with van der Waals surface area (Å²) in [4.78, 5) is 37.6. The van der Waals surface area contributed by atoms with E-state index in [1.165, 1.54) is 0 Å². The van der Waals surface area contributed by atoms with Crippen LogP contribution in [0, 0.1) is 13.8 Å². The van der Waals surface area contributed by atoms with Crippen molar-refractivity contribution in [1.82, 2.24) is 19.8 Å². The number of aryl methyl sites for hydroxylation is 2. The lowest BCUT2D eigenvalue weighted by atomic mass is 10.0. The van der Waals surface area contributed by atoms with Gasteiger partial charge in [0.1, 0.15) is 6.04 Å². The van der Waals surface area contributed by atoms with Gasteiger partial charge < -0.3 is 19.9 Å². The molecule has 1 aliphatic heterocycles. The van der Waals surface area contributed by atoms with Gasteiger partial charge in [0.2, 0.25) is 11.9 Å². The van der Waals surface area contributed by atoms with E-state index >= 15 is 0 Å². The number of carbonyl (C=O) groups is 2. The number of benzene rings is 1. The second-order valence-electron chi connectivity index (χ2n) is 7.37. The topological polar surface area (TPSA) is 87.7 Å². The first-order valence-corrected chi connectivity index (χ1v) is 10.3. The molecule has 8 nitrogen and oxygen atoms in total. The number of nitrogens with one attached hydrogen (secondary N) is 1. The van der Waals surface area contributed by atoms with E-state index in [-0.39, 0.29) is 12.0 Å². The standard InChI is InChI=1S/C22H29N5O3/c1-4-30-22(29)27-12-10-26(11-13-27)20(28)19(15-18-8-6-5-7-9-18)25-21-23-16(2)14-17(3)24-21/h5-9,14,19H,4,10-13,15H2,1-3H3,(H,23,24,25)/t19-/m0/s1. The molecule has 1 aromatic carbocycles. The molecule has 1 aromatic heterocycles. The molecule has 1 fully saturated rings. The van der Waals surface area contributed by atoms with Crippen LogP contribution in [0.2, 0.25) is 0 Å². The maximum atomic E-state index is 13.4. The molecule has 2 heterocycles. The minimum Gasteiger partial charge on any atom is -0.450 e. The number of aromatic nitrogens is 2. The molecular formula is C22H29N5O3. The van der Waals surface area contributed by atoms with E-state index < -0.39 is 6.04 Å². The first-order chi connectivity index (χ1) is 14.5. The third kappa shape index (κ3) is 5.68. The van der Waals surface area contributed by atoms with Crippen LogP contribution < -0.4 is 5.32 Å². The van der Waals surface area contributed by atoms with Gasteiger partial charge in [-0.2, -0.15) is 0 Å². The number of anilines is 1. The fourth-order valence-electron chi connectivity index (χ4n) is 3.54. The average molecular weight is 412 g/mol. The van der Waals surface area contributed by atoms with Crippen LogP contribution in [0.3, 0.4) is 0 Å². The molecular weight excluding hydrogens is 382 g/mol. The van der Waals surface area contributed by atoms with E-state index in [1.807, 2.05) is 50.2 Å². The largest absolute Gasteiger partial charge is 0.450 e. The van der Waals surface area contributed by atoms with Gasteiger partial charge in [0.05, 0.1) is 6.61 Å². The highest BCUT2D eigenvalue weighted by Crippen LogP contribution is 2.14. The summed E-state index contributed by atoms with van der Waals surface area (Å²) < 4.78 is 5.06. The van der Waals surface area contributed by atoms with Crippen LogP contribution in [-0.4, -0.2) is 70.6 Å². The van der Waals surface area contributed by atoms with Gasteiger partial charge in [-0.1, -0.05) is 30.3 Å². The van der Waals surface area contributed by atoms with Crippen molar-refractivity contribution in [3.63, 3.8) is 0 Å². The number of nitrogens with zero attached hydrogens (tertiary/aromatic N) is 4. The second-order valence-corrected chi connectivity index (χ2v) is 7.37. The van der Waals surface area contributed by atoms with E-state index in [0.29, 0.717) is 45.2 Å². The zero-order chi connectivity index (χ0) is 21.5. The number of hydrogen-bond acceptors (Lipinski definition) is 6. The molecule has 8 heteroatoms. The van der Waals surface area contributed by atoms with Crippen molar-refractivity contribution in [2.45, 2.75) is 33.2 Å². The fraction of sp³-hybridized carbons (Fsp3) is 0.455. The van der Waals surface area contributed by atoms with Gasteiger partial charge in [-0.15, -0.1) is 0 Å². The van der Waals surface area contributed by atoms with Gasteiger partial charge in [-0.05, 0) is 32.4 Å². The Morgan fingerprint density at radius 3 is 2.23 bits per heavy atom. The molecule has 0 radical (unpaired) electrons. The van der Waals surface area contributed by atoms with Crippen LogP contribution in [0.1, 0.15) is 23.9 Å². The highest BCUT2D eigenvalue weighted by molar-refractivity contribution is 5.85. The molecule has 0 aliphatic carbocycles. The predicted octanol–water partition coefficient (Wildman–Crippen LogP) is 2.42. The Hall–Kier alpha value is -3.16. The number of hydrogen-bond donors (Lipinski definition) is 1. The maximum absolute atomic E-state index is 13.4. The lowest BCUT2D eigenvalue weighted by Crippen LogP contribution is -2.54. The molecule has 2 amide bonds. The van der Waals surface area contributed by atoms with Crippen LogP contribution in [0.25, 0.3) is 0 Å². The predicted molar refractivity (Wildman–Crippen MR) is 114 cm³/mol. The van der Waals surface area contributed by atoms with Gasteiger partial charge in [0, 0.05) is 44.0 Å². The summed E-state index contributed by atoms with van der Waals surface area (Å²) >= 11 is 0. The smallest absolute Gasteiger partial charge is 0.409 e. The summed E-state index contributed by atoms with van der Waals surface area (Å²) in [6.07, 6.45) is 0.195. The van der Waals surface area contributed by atoms with Gasteiger partial charge in [0.15, 0.2) is 0 Å². The normalized spacial score (nSPS) is 14.9. The average Bonchev–Trinajstić information content (AvgIpc) is 2.73. The van der Waals surface area contributed by atoms with Crippen LogP contribution in [-0.2, 0) is 16.0 Å². The third-order valence-corrected chi connectivity index (χ3v) is 4.98. The van der Waals surface area contributed by atoms with E-state index in [2.05, 4.69) is 15.3 Å². The van der Waals surface area contributed by atoms with E-state index in [9.17, 15) is 9.59 Å². The van der Waals surface area contributed by atoms with Crippen LogP contribution in [0.15, 0.2) is 36.4 Å². The number of rotatable bonds is 6. The minimum absolute atomic E-state index is 0.0230. The Kier molecular flexibility index (Phi) is 7.21. The molecule has 0 saturated carbocycles. The molecule has 2 aromatic rings. The van der Waals surface area contributed by atoms with Gasteiger partial charge in [-0.25, -0.2) is 14.8 Å². The Morgan fingerprint density at radius 2 is 1.63 bits per heavy atom. The van der Waals surface area contributed by atoms with E-state index in [0.717, 1.165) is 17.0 Å². The summed E-state index contributed by atoms with van der Waals surface area (Å²) in [6, 6.07) is 11.3. The maximum Gasteiger partial charge on any atom is 0.409 e. The van der Waals surface area contributed by atoms with Crippen LogP contribution in [0.5, 0.6) is 0 Å². The molecule has 0 unspecified atom stereocenters. The van der Waals surface area contributed by atoms with E-state index in [1.54, 1.807) is 16.7 Å². The molecule has 30 heavy (non-hydrogen) atoms. The summed E-state index contributed by atoms with van der Waals surface area (Å²) in [5, 5.41) is 3.24. The highest BCUT2D eigenvalue weighted by atomic mass is 16.6. The molecule has 0 spiro atoms. The SMILES string of the molecule is CCOC(=O)N1CCN(C(=O)[C@H](Cc2ccccc2)Nc2nc(C)cc(C)n2)CC1. The summed E-state index contributed by atoms with van der Waals surface area (Å²) in [5.41, 5.74) is 2.75. The fourth-order valence-corrected chi connectivity index (χ4v) is 3.54. The monoisotopic (exact) mass is 411 g/mol. The lowest BCUT2D eigenvalue weighted by molar-refractivity contribution is -0.133. The Labute approximate surface area is 177 Å². The minimum atomic E-state index is -0.497. The van der Waals surface area contributed by atoms with Crippen molar-refractivity contribution >= 4 is 17.9 Å². The second kappa shape index (κ2) is 10.0. The Bertz CT molecular complexity index is 846. The van der Waals surface area contributed by atoms with Crippen molar-refractivity contribution in [2.75, 3.05) is 38.1 Å². The lowest BCUT2D eigenvalue weighted by Gasteiger charge is -2.36. The summed E-state index contributed by atoms with van der Waals surface area (Å²) in [5.74, 6) is 0.428.